The molecule has 0 amide bonds. The van der Waals surface area contributed by atoms with E-state index in [2.05, 4.69) is 6.58 Å². The molecular formula is C19H30O5. The maximum Gasteiger partial charge on any atom is 0.147 e. The lowest BCUT2D eigenvalue weighted by molar-refractivity contribution is -0.0718. The molecule has 0 radical (unpaired) electrons. The maximum absolute atomic E-state index is 10.1. The molecular weight excluding hydrogens is 308 g/mol. The highest BCUT2D eigenvalue weighted by Gasteiger charge is 2.15. The van der Waals surface area contributed by atoms with Crippen LogP contribution in [0.4, 0.5) is 0 Å². The number of hydrogen-bond donors (Lipinski definition) is 1. The number of ether oxygens (including phenoxy) is 4. The van der Waals surface area contributed by atoms with Crippen molar-refractivity contribution in [2.75, 3.05) is 27.6 Å². The van der Waals surface area contributed by atoms with Crippen LogP contribution in [0, 0.1) is 0 Å². The van der Waals surface area contributed by atoms with Crippen LogP contribution in [0.2, 0.25) is 0 Å². The fraction of sp³-hybridized carbons (Fsp3) is 0.579. The summed E-state index contributed by atoms with van der Waals surface area (Å²) in [5.74, 6) is 0.838. The van der Waals surface area contributed by atoms with Gasteiger partial charge in [0.15, 0.2) is 0 Å². The highest BCUT2D eigenvalue weighted by molar-refractivity contribution is 5.26. The van der Waals surface area contributed by atoms with E-state index in [9.17, 15) is 5.11 Å². The molecule has 0 aliphatic rings. The molecule has 0 fully saturated rings. The number of aliphatic hydroxyl groups excluding tert-OH is 1. The Kier molecular flexibility index (Phi) is 10.4. The fourth-order valence-electron chi connectivity index (χ4n) is 2.26. The minimum Gasteiger partial charge on any atom is -0.497 e. The van der Waals surface area contributed by atoms with Crippen molar-refractivity contribution >= 4 is 0 Å². The SMILES string of the molecule is C=C(C)[C@@H](C[C@@H](O)CCCOCc1ccc(OC)cc1)OCOC. The summed E-state index contributed by atoms with van der Waals surface area (Å²) < 4.78 is 21.2. The molecule has 0 aliphatic heterocycles. The first-order valence-electron chi connectivity index (χ1n) is 8.21. The highest BCUT2D eigenvalue weighted by Crippen LogP contribution is 2.15. The van der Waals surface area contributed by atoms with E-state index in [1.54, 1.807) is 14.2 Å². The van der Waals surface area contributed by atoms with Crippen LogP contribution in [0.3, 0.4) is 0 Å². The van der Waals surface area contributed by atoms with Crippen molar-refractivity contribution in [1.82, 2.24) is 0 Å². The predicted molar refractivity (Wildman–Crippen MR) is 94.1 cm³/mol. The van der Waals surface area contributed by atoms with Gasteiger partial charge in [-0.3, -0.25) is 0 Å². The van der Waals surface area contributed by atoms with Crippen molar-refractivity contribution in [1.29, 1.82) is 0 Å². The van der Waals surface area contributed by atoms with E-state index >= 15 is 0 Å². The zero-order valence-corrected chi connectivity index (χ0v) is 15.0. The van der Waals surface area contributed by atoms with E-state index in [0.29, 0.717) is 26.1 Å². The first kappa shape index (κ1) is 20.6. The number of methoxy groups -OCH3 is 2. The maximum atomic E-state index is 10.1. The fourth-order valence-corrected chi connectivity index (χ4v) is 2.26. The van der Waals surface area contributed by atoms with E-state index in [-0.39, 0.29) is 12.9 Å². The predicted octanol–water partition coefficient (Wildman–Crippen LogP) is 3.31. The summed E-state index contributed by atoms with van der Waals surface area (Å²) in [7, 11) is 3.22. The highest BCUT2D eigenvalue weighted by atomic mass is 16.7. The van der Waals surface area contributed by atoms with E-state index in [4.69, 9.17) is 18.9 Å². The lowest BCUT2D eigenvalue weighted by Crippen LogP contribution is -2.23. The molecule has 0 bridgehead atoms. The minimum atomic E-state index is -0.437. The largest absolute Gasteiger partial charge is 0.497 e. The molecule has 0 unspecified atom stereocenters. The number of hydrogen-bond acceptors (Lipinski definition) is 5. The zero-order chi connectivity index (χ0) is 17.8. The molecule has 0 saturated carbocycles. The molecule has 1 rings (SSSR count). The van der Waals surface area contributed by atoms with Gasteiger partial charge in [0.05, 0.1) is 25.9 Å². The molecule has 0 saturated heterocycles. The van der Waals surface area contributed by atoms with Crippen LogP contribution in [0.1, 0.15) is 31.7 Å². The molecule has 0 aliphatic carbocycles. The Morgan fingerprint density at radius 1 is 1.21 bits per heavy atom. The topological polar surface area (TPSA) is 57.2 Å². The molecule has 0 spiro atoms. The van der Waals surface area contributed by atoms with Crippen molar-refractivity contribution in [3.05, 3.63) is 42.0 Å². The second-order valence-corrected chi connectivity index (χ2v) is 5.84. The van der Waals surface area contributed by atoms with Crippen molar-refractivity contribution in [2.45, 2.75) is 45.0 Å². The van der Waals surface area contributed by atoms with Gasteiger partial charge in [-0.15, -0.1) is 0 Å². The van der Waals surface area contributed by atoms with E-state index < -0.39 is 6.10 Å². The van der Waals surface area contributed by atoms with Crippen molar-refractivity contribution in [2.24, 2.45) is 0 Å². The normalized spacial score (nSPS) is 13.5. The lowest BCUT2D eigenvalue weighted by Gasteiger charge is -2.20. The van der Waals surface area contributed by atoms with Gasteiger partial charge in [-0.1, -0.05) is 24.3 Å². The Hall–Kier alpha value is -1.40. The average molecular weight is 338 g/mol. The molecule has 1 N–H and O–H groups in total. The first-order valence-corrected chi connectivity index (χ1v) is 8.21. The second kappa shape index (κ2) is 12.0. The molecule has 2 atom stereocenters. The summed E-state index contributed by atoms with van der Waals surface area (Å²) >= 11 is 0. The zero-order valence-electron chi connectivity index (χ0n) is 15.0. The van der Waals surface area contributed by atoms with E-state index in [1.165, 1.54) is 0 Å². The van der Waals surface area contributed by atoms with Gasteiger partial charge in [-0.25, -0.2) is 0 Å². The van der Waals surface area contributed by atoms with Crippen molar-refractivity contribution < 1.29 is 24.1 Å². The third kappa shape index (κ3) is 8.45. The van der Waals surface area contributed by atoms with Crippen LogP contribution in [0.5, 0.6) is 5.75 Å². The molecule has 5 nitrogen and oxygen atoms in total. The Balaban J connectivity index is 2.17. The number of rotatable bonds is 13. The Labute approximate surface area is 145 Å². The molecule has 136 valence electrons. The van der Waals surface area contributed by atoms with Gasteiger partial charge in [-0.05, 0) is 37.5 Å². The van der Waals surface area contributed by atoms with Crippen LogP contribution in [0.15, 0.2) is 36.4 Å². The lowest BCUT2D eigenvalue weighted by atomic mass is 10.0. The Morgan fingerprint density at radius 2 is 1.92 bits per heavy atom. The van der Waals surface area contributed by atoms with E-state index in [1.807, 2.05) is 31.2 Å². The van der Waals surface area contributed by atoms with Gasteiger partial charge in [0.2, 0.25) is 0 Å². The average Bonchev–Trinajstić information content (AvgIpc) is 2.58. The third-order valence-electron chi connectivity index (χ3n) is 3.68. The summed E-state index contributed by atoms with van der Waals surface area (Å²) in [5, 5.41) is 10.1. The molecule has 1 aromatic carbocycles. The van der Waals surface area contributed by atoms with Crippen molar-refractivity contribution in [3.63, 3.8) is 0 Å². The minimum absolute atomic E-state index is 0.180. The summed E-state index contributed by atoms with van der Waals surface area (Å²) in [5.41, 5.74) is 1.99. The number of benzene rings is 1. The Bertz CT molecular complexity index is 457. The van der Waals surface area contributed by atoms with Gasteiger partial charge in [0, 0.05) is 20.1 Å². The smallest absolute Gasteiger partial charge is 0.147 e. The monoisotopic (exact) mass is 338 g/mol. The third-order valence-corrected chi connectivity index (χ3v) is 3.68. The summed E-state index contributed by atoms with van der Waals surface area (Å²) in [6.45, 7) is 7.16. The summed E-state index contributed by atoms with van der Waals surface area (Å²) in [4.78, 5) is 0. The van der Waals surface area contributed by atoms with Gasteiger partial charge in [0.1, 0.15) is 12.5 Å². The van der Waals surface area contributed by atoms with Crippen LogP contribution >= 0.6 is 0 Å². The standard InChI is InChI=1S/C19H30O5/c1-15(2)19(24-14-21-3)12-17(20)6-5-11-23-13-16-7-9-18(22-4)10-8-16/h7-10,17,19-20H,1,5-6,11-14H2,2-4H3/t17-,19+/m0/s1. The van der Waals surface area contributed by atoms with Gasteiger partial charge >= 0.3 is 0 Å². The second-order valence-electron chi connectivity index (χ2n) is 5.84. The van der Waals surface area contributed by atoms with Crippen molar-refractivity contribution in [3.8, 4) is 5.75 Å². The quantitative estimate of drug-likeness (QED) is 0.340. The van der Waals surface area contributed by atoms with Gasteiger partial charge < -0.3 is 24.1 Å². The van der Waals surface area contributed by atoms with Crippen LogP contribution in [-0.2, 0) is 20.8 Å². The van der Waals surface area contributed by atoms with Crippen LogP contribution in [-0.4, -0.2) is 44.9 Å². The summed E-state index contributed by atoms with van der Waals surface area (Å²) in [6.07, 6.45) is 1.37. The Morgan fingerprint density at radius 3 is 2.50 bits per heavy atom. The number of aliphatic hydroxyl groups is 1. The molecule has 1 aromatic rings. The van der Waals surface area contributed by atoms with Gasteiger partial charge in [0.25, 0.3) is 0 Å². The van der Waals surface area contributed by atoms with E-state index in [0.717, 1.165) is 23.3 Å². The van der Waals surface area contributed by atoms with Gasteiger partial charge in [-0.2, -0.15) is 0 Å². The molecule has 24 heavy (non-hydrogen) atoms. The molecule has 5 heteroatoms. The van der Waals surface area contributed by atoms with Crippen LogP contribution < -0.4 is 4.74 Å². The molecule has 0 aromatic heterocycles. The summed E-state index contributed by atoms with van der Waals surface area (Å²) in [6, 6.07) is 7.80. The van der Waals surface area contributed by atoms with Crippen LogP contribution in [0.25, 0.3) is 0 Å². The first-order chi connectivity index (χ1) is 11.6. The molecule has 0 heterocycles.